The number of aromatic nitrogens is 2. The molecule has 2 fully saturated rings. The highest BCUT2D eigenvalue weighted by atomic mass is 32.2. The summed E-state index contributed by atoms with van der Waals surface area (Å²) in [5, 5.41) is 44.0. The number of phenols is 2. The van der Waals surface area contributed by atoms with Gasteiger partial charge in [0.1, 0.15) is 28.3 Å². The van der Waals surface area contributed by atoms with Crippen molar-refractivity contribution in [3.63, 3.8) is 0 Å². The van der Waals surface area contributed by atoms with Crippen LogP contribution in [0.25, 0.3) is 10.8 Å². The molecule has 454 valence electrons. The number of thiazole rings is 1. The van der Waals surface area contributed by atoms with Crippen molar-refractivity contribution in [1.82, 2.24) is 15.2 Å². The zero-order valence-corrected chi connectivity index (χ0v) is 50.5. The summed E-state index contributed by atoms with van der Waals surface area (Å²) in [4.78, 5) is 72.4. The van der Waals surface area contributed by atoms with Gasteiger partial charge in [0.05, 0.1) is 16.0 Å². The number of phenolic OH excluding ortho intramolecular Hbond substituents is 2. The van der Waals surface area contributed by atoms with Gasteiger partial charge in [-0.3, -0.25) is 18.7 Å². The van der Waals surface area contributed by atoms with Crippen LogP contribution in [0.5, 0.6) is 11.5 Å². The van der Waals surface area contributed by atoms with E-state index >= 15 is 13.8 Å². The number of oxime groups is 1. The zero-order chi connectivity index (χ0) is 62.6. The normalized spacial score (nSPS) is 17.9. The SMILES string of the molecule is O=C(O)C1=C(C[n+]2ccc3cc(O)c(O)cc3c2)C(C(c2ccccc2)c2ccccc2)S(=O)[C@@H]2C(NC(=O)C(=NOC3(C(=O)OC(c4ccccc4)c4ccccc4)CCCC3)c3csc(NC(c4ccccc4)(c4ccccc4)c4ccccc4)n3)C(=O)N12. The molecule has 2 aromatic heterocycles. The Morgan fingerprint density at radius 3 is 1.68 bits per heavy atom. The van der Waals surface area contributed by atoms with Gasteiger partial charge in [0.25, 0.3) is 11.8 Å². The number of amides is 2. The summed E-state index contributed by atoms with van der Waals surface area (Å²) in [5.41, 5.74) is 2.15. The van der Waals surface area contributed by atoms with Crippen LogP contribution in [0.2, 0.25) is 0 Å². The van der Waals surface area contributed by atoms with Crippen molar-refractivity contribution in [2.24, 2.45) is 5.16 Å². The minimum Gasteiger partial charge on any atom is -0.504 e. The summed E-state index contributed by atoms with van der Waals surface area (Å²) in [6.45, 7) is -0.171. The summed E-state index contributed by atoms with van der Waals surface area (Å²) in [6, 6.07) is 69.8. The van der Waals surface area contributed by atoms with Crippen molar-refractivity contribution < 1.29 is 52.8 Å². The van der Waals surface area contributed by atoms with E-state index < -0.39 is 85.8 Å². The van der Waals surface area contributed by atoms with Crippen molar-refractivity contribution in [3.05, 3.63) is 304 Å². The Hall–Kier alpha value is -10.6. The van der Waals surface area contributed by atoms with E-state index in [0.29, 0.717) is 39.9 Å². The van der Waals surface area contributed by atoms with Gasteiger partial charge in [-0.25, -0.2) is 19.1 Å². The monoisotopic (exact) mass is 1250 g/mol. The van der Waals surface area contributed by atoms with E-state index in [4.69, 9.17) is 14.6 Å². The number of rotatable bonds is 20. The predicted octanol–water partition coefficient (Wildman–Crippen LogP) is 11.4. The number of aliphatic carboxylic acids is 1. The van der Waals surface area contributed by atoms with E-state index in [2.05, 4.69) is 15.8 Å². The zero-order valence-electron chi connectivity index (χ0n) is 48.9. The molecule has 2 amide bonds. The summed E-state index contributed by atoms with van der Waals surface area (Å²) in [7, 11) is -2.19. The third kappa shape index (κ3) is 11.5. The number of carbonyl (C=O) groups excluding carboxylic acids is 3. The molecule has 0 radical (unpaired) electrons. The number of carboxylic acid groups (broad SMARTS) is 1. The molecule has 13 rings (SSSR count). The van der Waals surface area contributed by atoms with Crippen LogP contribution in [0.4, 0.5) is 5.13 Å². The fourth-order valence-electron chi connectivity index (χ4n) is 12.8. The van der Waals surface area contributed by atoms with Gasteiger partial charge in [0.2, 0.25) is 5.60 Å². The molecule has 0 bridgehead atoms. The van der Waals surface area contributed by atoms with E-state index in [1.165, 1.54) is 23.5 Å². The Kier molecular flexibility index (Phi) is 16.6. The van der Waals surface area contributed by atoms with Gasteiger partial charge in [-0.1, -0.05) is 217 Å². The van der Waals surface area contributed by atoms with Gasteiger partial charge in [-0.15, -0.1) is 11.3 Å². The number of nitrogens with one attached hydrogen (secondary N) is 2. The molecule has 1 saturated heterocycles. The Balaban J connectivity index is 0.908. The molecule has 91 heavy (non-hydrogen) atoms. The minimum atomic E-state index is -2.19. The molecule has 4 heterocycles. The van der Waals surface area contributed by atoms with Gasteiger partial charge < -0.3 is 35.5 Å². The lowest BCUT2D eigenvalue weighted by molar-refractivity contribution is -0.688. The molecular weight excluding hydrogens is 1180 g/mol. The first-order chi connectivity index (χ1) is 44.4. The topological polar surface area (TPSA) is 221 Å². The quantitative estimate of drug-likeness (QED) is 0.00915. The third-order valence-corrected chi connectivity index (χ3v) is 20.0. The number of benzene rings is 8. The average Bonchev–Trinajstić information content (AvgIpc) is 1.06. The van der Waals surface area contributed by atoms with Gasteiger partial charge in [0.15, 0.2) is 47.4 Å². The van der Waals surface area contributed by atoms with Crippen molar-refractivity contribution in [2.75, 3.05) is 5.32 Å². The van der Waals surface area contributed by atoms with Crippen LogP contribution in [-0.2, 0) is 51.6 Å². The number of β-lactam (4-membered cyclic amide) rings is 1. The number of fused-ring (bicyclic) bond motifs is 2. The number of carbonyl (C=O) groups is 4. The second-order valence-electron chi connectivity index (χ2n) is 22.7. The van der Waals surface area contributed by atoms with Crippen molar-refractivity contribution in [3.8, 4) is 11.5 Å². The Morgan fingerprint density at radius 2 is 1.18 bits per heavy atom. The second kappa shape index (κ2) is 25.5. The fourth-order valence-corrected chi connectivity index (χ4v) is 15.8. The Bertz CT molecular complexity index is 4230. The molecule has 4 atom stereocenters. The lowest BCUT2D eigenvalue weighted by Gasteiger charge is -2.51. The maximum absolute atomic E-state index is 16.2. The largest absolute Gasteiger partial charge is 0.504 e. The van der Waals surface area contributed by atoms with E-state index in [-0.39, 0.29) is 42.2 Å². The smallest absolute Gasteiger partial charge is 0.354 e. The second-order valence-corrected chi connectivity index (χ2v) is 25.2. The summed E-state index contributed by atoms with van der Waals surface area (Å²) < 4.78 is 24.3. The number of carboxylic acids is 1. The van der Waals surface area contributed by atoms with E-state index in [1.54, 1.807) is 28.4 Å². The average molecular weight is 1250 g/mol. The highest BCUT2D eigenvalue weighted by molar-refractivity contribution is 7.86. The van der Waals surface area contributed by atoms with Gasteiger partial charge in [-0.2, -0.15) is 0 Å². The number of esters is 1. The first-order valence-electron chi connectivity index (χ1n) is 29.8. The number of hydrogen-bond donors (Lipinski definition) is 5. The van der Waals surface area contributed by atoms with Crippen LogP contribution in [0.1, 0.15) is 82.3 Å². The molecule has 16 nitrogen and oxygen atoms in total. The number of hydrogen-bond acceptors (Lipinski definition) is 13. The van der Waals surface area contributed by atoms with Crippen LogP contribution >= 0.6 is 11.3 Å². The fraction of sp³-hybridized carbons (Fsp3) is 0.164. The standard InChI is InChI=1S/C73H60N6O10S2/c80-58-42-51-38-41-78(44-52(51)43-59(58)81)45-56-63(69(84)85)79-67(83)62(68(79)91(87)65(56)60(47-24-8-1-9-25-47)48-26-10-2-11-27-48)75-66(82)61(77-89-72(39-22-23-40-72)70(86)88-64(49-28-12-3-13-29-49)50-30-14-4-15-31-50)57-46-90-71(74-57)76-73(53-32-16-5-17-33-53,54-34-18-6-19-35-54)55-36-20-7-21-37-55/h1-21,24-38,41-44,46,60,62,64-65,68H,22-23,39-40,45H2,(H4,74,75,76,81,82,84,85)/p+1/t62?,65?,68-,91?/m1/s1. The lowest BCUT2D eigenvalue weighted by atomic mass is 9.77. The number of pyridine rings is 1. The van der Waals surface area contributed by atoms with Crippen LogP contribution < -0.4 is 15.2 Å². The molecule has 5 N–H and O–H groups in total. The van der Waals surface area contributed by atoms with Crippen molar-refractivity contribution >= 4 is 67.5 Å². The Labute approximate surface area is 530 Å². The van der Waals surface area contributed by atoms with Gasteiger partial charge in [0, 0.05) is 41.2 Å². The predicted molar refractivity (Wildman–Crippen MR) is 346 cm³/mol. The molecule has 8 aromatic carbocycles. The molecule has 3 unspecified atom stereocenters. The molecule has 3 aliphatic rings. The maximum atomic E-state index is 16.2. The number of ether oxygens (including phenoxy) is 1. The van der Waals surface area contributed by atoms with Crippen LogP contribution in [-0.4, -0.2) is 81.1 Å². The molecule has 2 aliphatic heterocycles. The number of anilines is 1. The number of aromatic hydroxyl groups is 2. The van der Waals surface area contributed by atoms with E-state index in [1.807, 2.05) is 212 Å². The highest BCUT2D eigenvalue weighted by Crippen LogP contribution is 2.47. The minimum absolute atomic E-state index is 0.00452. The van der Waals surface area contributed by atoms with Gasteiger partial charge in [-0.05, 0) is 69.3 Å². The van der Waals surface area contributed by atoms with Crippen LogP contribution in [0, 0.1) is 0 Å². The van der Waals surface area contributed by atoms with E-state index in [0.717, 1.165) is 32.7 Å². The van der Waals surface area contributed by atoms with Crippen molar-refractivity contribution in [2.45, 2.75) is 72.1 Å². The van der Waals surface area contributed by atoms with Crippen LogP contribution in [0.3, 0.4) is 0 Å². The molecule has 1 saturated carbocycles. The molecule has 0 spiro atoms. The summed E-state index contributed by atoms with van der Waals surface area (Å²) >= 11 is 1.19. The highest BCUT2D eigenvalue weighted by Gasteiger charge is 2.62. The molecular formula is C73H61N6O10S2+. The third-order valence-electron chi connectivity index (χ3n) is 17.2. The summed E-state index contributed by atoms with van der Waals surface area (Å²) in [6.07, 6.45) is 4.04. The van der Waals surface area contributed by atoms with Crippen LogP contribution in [0.15, 0.2) is 265 Å². The first-order valence-corrected chi connectivity index (χ1v) is 32.0. The lowest BCUT2D eigenvalue weighted by Crippen LogP contribution is -2.75. The molecule has 18 heteroatoms. The Morgan fingerprint density at radius 1 is 0.692 bits per heavy atom. The first kappa shape index (κ1) is 59.4. The maximum Gasteiger partial charge on any atom is 0.354 e. The summed E-state index contributed by atoms with van der Waals surface area (Å²) in [5.74, 6) is -5.42. The molecule has 1 aliphatic carbocycles. The molecule has 10 aromatic rings. The van der Waals surface area contributed by atoms with E-state index in [9.17, 15) is 24.9 Å². The number of nitrogens with zero attached hydrogens (tertiary/aromatic N) is 4. The van der Waals surface area contributed by atoms with Gasteiger partial charge >= 0.3 is 11.9 Å². The van der Waals surface area contributed by atoms with Crippen molar-refractivity contribution in [1.29, 1.82) is 0 Å².